The normalized spacial score (nSPS) is 10.8. The van der Waals surface area contributed by atoms with Crippen molar-refractivity contribution in [2.45, 2.75) is 13.5 Å². The van der Waals surface area contributed by atoms with Crippen LogP contribution in [0.3, 0.4) is 0 Å². The van der Waals surface area contributed by atoms with E-state index in [9.17, 15) is 9.59 Å². The van der Waals surface area contributed by atoms with E-state index >= 15 is 0 Å². The van der Waals surface area contributed by atoms with Crippen LogP contribution < -0.4 is 10.9 Å². The molecule has 0 aliphatic carbocycles. The third-order valence-corrected chi connectivity index (χ3v) is 5.41. The Morgan fingerprint density at radius 2 is 1.79 bits per heavy atom. The predicted molar refractivity (Wildman–Crippen MR) is 105 cm³/mol. The molecule has 0 bridgehead atoms. The molecule has 0 spiro atoms. The molecule has 0 aliphatic rings. The van der Waals surface area contributed by atoms with Crippen LogP contribution in [0.25, 0.3) is 21.5 Å². The Bertz CT molecular complexity index is 1150. The van der Waals surface area contributed by atoms with E-state index in [2.05, 4.69) is 26.3 Å². The van der Waals surface area contributed by atoms with Crippen molar-refractivity contribution in [3.8, 4) is 11.4 Å². The Hall–Kier alpha value is -3.59. The molecule has 0 aliphatic heterocycles. The SMILES string of the molecule is Cc1c(C(=O)NNC(=O)Cn2nnc(-c3ccccc3)n2)sc2ccccc12. The van der Waals surface area contributed by atoms with E-state index in [1.807, 2.05) is 61.5 Å². The number of nitrogens with one attached hydrogen (secondary N) is 2. The molecule has 140 valence electrons. The number of thiophene rings is 1. The van der Waals surface area contributed by atoms with Crippen molar-refractivity contribution in [2.75, 3.05) is 0 Å². The maximum absolute atomic E-state index is 12.4. The number of hydrogen-bond donors (Lipinski definition) is 2. The summed E-state index contributed by atoms with van der Waals surface area (Å²) in [4.78, 5) is 26.3. The monoisotopic (exact) mass is 392 g/mol. The van der Waals surface area contributed by atoms with E-state index in [4.69, 9.17) is 0 Å². The highest BCUT2D eigenvalue weighted by atomic mass is 32.1. The van der Waals surface area contributed by atoms with Crippen molar-refractivity contribution in [3.63, 3.8) is 0 Å². The summed E-state index contributed by atoms with van der Waals surface area (Å²) in [6.07, 6.45) is 0. The number of nitrogens with zero attached hydrogens (tertiary/aromatic N) is 4. The van der Waals surface area contributed by atoms with Gasteiger partial charge in [-0.1, -0.05) is 48.5 Å². The molecule has 28 heavy (non-hydrogen) atoms. The van der Waals surface area contributed by atoms with E-state index in [1.54, 1.807) is 0 Å². The van der Waals surface area contributed by atoms with E-state index in [1.165, 1.54) is 16.1 Å². The van der Waals surface area contributed by atoms with Crippen molar-refractivity contribution >= 4 is 33.2 Å². The number of benzene rings is 2. The number of aromatic nitrogens is 4. The first-order chi connectivity index (χ1) is 13.6. The molecule has 0 unspecified atom stereocenters. The van der Waals surface area contributed by atoms with Crippen LogP contribution in [0.2, 0.25) is 0 Å². The van der Waals surface area contributed by atoms with Gasteiger partial charge in [0.15, 0.2) is 0 Å². The zero-order chi connectivity index (χ0) is 19.5. The number of rotatable bonds is 4. The second kappa shape index (κ2) is 7.57. The second-order valence-corrected chi connectivity index (χ2v) is 7.12. The Balaban J connectivity index is 1.37. The third kappa shape index (κ3) is 3.60. The minimum atomic E-state index is -0.455. The molecular formula is C19H16N6O2S. The minimum absolute atomic E-state index is 0.161. The summed E-state index contributed by atoms with van der Waals surface area (Å²) in [6.45, 7) is 1.73. The van der Waals surface area contributed by atoms with Gasteiger partial charge in [-0.05, 0) is 29.2 Å². The zero-order valence-electron chi connectivity index (χ0n) is 14.9. The molecule has 2 amide bonds. The van der Waals surface area contributed by atoms with Gasteiger partial charge in [0.2, 0.25) is 5.82 Å². The number of carbonyl (C=O) groups is 2. The van der Waals surface area contributed by atoms with Crippen LogP contribution in [-0.2, 0) is 11.3 Å². The fourth-order valence-electron chi connectivity index (χ4n) is 2.76. The average molecular weight is 392 g/mol. The fraction of sp³-hybridized carbons (Fsp3) is 0.105. The molecule has 9 heteroatoms. The van der Waals surface area contributed by atoms with Gasteiger partial charge in [-0.25, -0.2) is 0 Å². The molecule has 2 heterocycles. The van der Waals surface area contributed by atoms with Gasteiger partial charge in [0.1, 0.15) is 6.54 Å². The largest absolute Gasteiger partial charge is 0.280 e. The lowest BCUT2D eigenvalue weighted by Gasteiger charge is -2.06. The number of aryl methyl sites for hydroxylation is 1. The molecule has 4 rings (SSSR count). The van der Waals surface area contributed by atoms with Gasteiger partial charge in [-0.15, -0.1) is 21.5 Å². The summed E-state index contributed by atoms with van der Waals surface area (Å²) in [5.74, 6) is -0.383. The molecule has 2 aromatic heterocycles. The molecule has 0 atom stereocenters. The Morgan fingerprint density at radius 1 is 1.04 bits per heavy atom. The average Bonchev–Trinajstić information content (AvgIpc) is 3.32. The topological polar surface area (TPSA) is 102 Å². The summed E-state index contributed by atoms with van der Waals surface area (Å²) in [7, 11) is 0. The number of hydrazine groups is 1. The molecule has 0 radical (unpaired) electrons. The van der Waals surface area contributed by atoms with Crippen LogP contribution in [0, 0.1) is 6.92 Å². The first-order valence-corrected chi connectivity index (χ1v) is 9.34. The van der Waals surface area contributed by atoms with Crippen LogP contribution >= 0.6 is 11.3 Å². The van der Waals surface area contributed by atoms with Gasteiger partial charge in [-0.3, -0.25) is 20.4 Å². The number of hydrogen-bond acceptors (Lipinski definition) is 6. The molecule has 8 nitrogen and oxygen atoms in total. The van der Waals surface area contributed by atoms with Gasteiger partial charge in [0.05, 0.1) is 4.88 Å². The van der Waals surface area contributed by atoms with Crippen molar-refractivity contribution in [1.82, 2.24) is 31.1 Å². The number of tetrazole rings is 1. The van der Waals surface area contributed by atoms with Crippen molar-refractivity contribution in [1.29, 1.82) is 0 Å². The summed E-state index contributed by atoms with van der Waals surface area (Å²) < 4.78 is 1.02. The van der Waals surface area contributed by atoms with Gasteiger partial charge in [0, 0.05) is 10.3 Å². The molecule has 2 N–H and O–H groups in total. The Labute approximate surface area is 164 Å². The van der Waals surface area contributed by atoms with Gasteiger partial charge in [0.25, 0.3) is 11.8 Å². The van der Waals surface area contributed by atoms with Gasteiger partial charge < -0.3 is 0 Å². The van der Waals surface area contributed by atoms with E-state index in [0.29, 0.717) is 10.7 Å². The minimum Gasteiger partial charge on any atom is -0.271 e. The highest BCUT2D eigenvalue weighted by molar-refractivity contribution is 7.21. The molecule has 2 aromatic carbocycles. The van der Waals surface area contributed by atoms with E-state index in [-0.39, 0.29) is 12.5 Å². The molecule has 0 saturated carbocycles. The highest BCUT2D eigenvalue weighted by Gasteiger charge is 2.16. The van der Waals surface area contributed by atoms with Crippen LogP contribution in [0.1, 0.15) is 15.2 Å². The molecule has 4 aromatic rings. The fourth-order valence-corrected chi connectivity index (χ4v) is 3.86. The molecular weight excluding hydrogens is 376 g/mol. The predicted octanol–water partition coefficient (Wildman–Crippen LogP) is 2.32. The maximum atomic E-state index is 12.4. The quantitative estimate of drug-likeness (QED) is 0.519. The Kier molecular flexibility index (Phi) is 4.81. The van der Waals surface area contributed by atoms with Crippen LogP contribution in [-0.4, -0.2) is 32.0 Å². The highest BCUT2D eigenvalue weighted by Crippen LogP contribution is 2.30. The van der Waals surface area contributed by atoms with Crippen LogP contribution in [0.4, 0.5) is 0 Å². The van der Waals surface area contributed by atoms with Crippen molar-refractivity contribution in [2.24, 2.45) is 0 Å². The van der Waals surface area contributed by atoms with Crippen molar-refractivity contribution in [3.05, 3.63) is 65.0 Å². The van der Waals surface area contributed by atoms with Crippen molar-refractivity contribution < 1.29 is 9.59 Å². The van der Waals surface area contributed by atoms with Crippen LogP contribution in [0.5, 0.6) is 0 Å². The zero-order valence-corrected chi connectivity index (χ0v) is 15.7. The molecule has 0 fully saturated rings. The lowest BCUT2D eigenvalue weighted by molar-refractivity contribution is -0.122. The summed E-state index contributed by atoms with van der Waals surface area (Å²) in [5, 5.41) is 13.0. The lowest BCUT2D eigenvalue weighted by Crippen LogP contribution is -2.43. The number of fused-ring (bicyclic) bond motifs is 1. The Morgan fingerprint density at radius 3 is 2.57 bits per heavy atom. The first kappa shape index (κ1) is 17.8. The van der Waals surface area contributed by atoms with E-state index in [0.717, 1.165) is 21.2 Å². The van der Waals surface area contributed by atoms with Gasteiger partial charge >= 0.3 is 0 Å². The van der Waals surface area contributed by atoms with E-state index < -0.39 is 5.91 Å². The van der Waals surface area contributed by atoms with Crippen LogP contribution in [0.15, 0.2) is 54.6 Å². The smallest absolute Gasteiger partial charge is 0.271 e. The summed E-state index contributed by atoms with van der Waals surface area (Å²) in [5.41, 5.74) is 6.53. The third-order valence-electron chi connectivity index (χ3n) is 4.14. The summed E-state index contributed by atoms with van der Waals surface area (Å²) >= 11 is 1.39. The molecule has 0 saturated heterocycles. The maximum Gasteiger partial charge on any atom is 0.280 e. The summed E-state index contributed by atoms with van der Waals surface area (Å²) in [6, 6.07) is 17.1. The van der Waals surface area contributed by atoms with Gasteiger partial charge in [-0.2, -0.15) is 4.80 Å². The number of carbonyl (C=O) groups excluding carboxylic acids is 2. The number of amides is 2. The standard InChI is InChI=1S/C19H16N6O2S/c1-12-14-9-5-6-10-15(14)28-17(12)19(27)22-20-16(26)11-25-23-18(21-24-25)13-7-3-2-4-8-13/h2-10H,11H2,1H3,(H,20,26)(H,22,27). The lowest BCUT2D eigenvalue weighted by atomic mass is 10.1. The second-order valence-electron chi connectivity index (χ2n) is 6.06. The first-order valence-electron chi connectivity index (χ1n) is 8.52.